The van der Waals surface area contributed by atoms with Crippen LogP contribution in [-0.2, 0) is 4.79 Å². The van der Waals surface area contributed by atoms with Gasteiger partial charge in [-0.2, -0.15) is 0 Å². The third-order valence-electron chi connectivity index (χ3n) is 4.58. The molecule has 0 bridgehead atoms. The van der Waals surface area contributed by atoms with Crippen LogP contribution in [0.5, 0.6) is 0 Å². The van der Waals surface area contributed by atoms with Crippen molar-refractivity contribution in [2.24, 2.45) is 22.7 Å². The van der Waals surface area contributed by atoms with Gasteiger partial charge in [-0.15, -0.1) is 0 Å². The Bertz CT molecular complexity index is 270. The second-order valence-corrected chi connectivity index (χ2v) is 7.04. The predicted molar refractivity (Wildman–Crippen MR) is 71.6 cm³/mol. The van der Waals surface area contributed by atoms with Gasteiger partial charge in [0.1, 0.15) is 0 Å². The van der Waals surface area contributed by atoms with E-state index in [1.165, 1.54) is 0 Å². The fourth-order valence-corrected chi connectivity index (χ4v) is 3.41. The number of hydrogen-bond donors (Lipinski definition) is 1. The van der Waals surface area contributed by atoms with Crippen molar-refractivity contribution in [3.05, 3.63) is 0 Å². The van der Waals surface area contributed by atoms with Gasteiger partial charge in [0.05, 0.1) is 0 Å². The minimum atomic E-state index is 0.130. The zero-order valence-electron chi connectivity index (χ0n) is 11.2. The van der Waals surface area contributed by atoms with Crippen LogP contribution in [0.3, 0.4) is 0 Å². The van der Waals surface area contributed by atoms with Crippen LogP contribution in [-0.4, -0.2) is 17.3 Å². The average molecular weight is 290 g/mol. The van der Waals surface area contributed by atoms with Gasteiger partial charge in [0.15, 0.2) is 0 Å². The van der Waals surface area contributed by atoms with Crippen molar-refractivity contribution in [2.45, 2.75) is 47.6 Å². The number of carbonyl (C=O) groups is 1. The lowest BCUT2D eigenvalue weighted by Crippen LogP contribution is -2.41. The largest absolute Gasteiger partial charge is 0.352 e. The van der Waals surface area contributed by atoms with E-state index < -0.39 is 0 Å². The Balaban J connectivity index is 2.62. The van der Waals surface area contributed by atoms with Crippen LogP contribution in [0.1, 0.15) is 41.5 Å². The molecule has 16 heavy (non-hydrogen) atoms. The Morgan fingerprint density at radius 3 is 1.94 bits per heavy atom. The molecule has 3 heteroatoms. The highest BCUT2D eigenvalue weighted by Gasteiger charge is 2.68. The quantitative estimate of drug-likeness (QED) is 0.791. The Hall–Kier alpha value is -0.0500. The van der Waals surface area contributed by atoms with E-state index in [0.29, 0.717) is 5.92 Å². The first kappa shape index (κ1) is 14.0. The summed E-state index contributed by atoms with van der Waals surface area (Å²) in [6.07, 6.45) is 0. The SMILES string of the molecule is CC(C)C(CBr)NC(=O)C1C(C)(C)C1(C)C. The summed E-state index contributed by atoms with van der Waals surface area (Å²) in [6.45, 7) is 13.0. The second-order valence-electron chi connectivity index (χ2n) is 6.39. The van der Waals surface area contributed by atoms with E-state index in [0.717, 1.165) is 5.33 Å². The molecule has 0 spiro atoms. The highest BCUT2D eigenvalue weighted by molar-refractivity contribution is 9.09. The van der Waals surface area contributed by atoms with E-state index in [4.69, 9.17) is 0 Å². The van der Waals surface area contributed by atoms with E-state index in [9.17, 15) is 4.79 Å². The van der Waals surface area contributed by atoms with Gasteiger partial charge in [-0.3, -0.25) is 4.79 Å². The number of alkyl halides is 1. The van der Waals surface area contributed by atoms with Gasteiger partial charge in [0, 0.05) is 17.3 Å². The normalized spacial score (nSPS) is 24.2. The van der Waals surface area contributed by atoms with Crippen LogP contribution in [0, 0.1) is 22.7 Å². The third kappa shape index (κ3) is 2.15. The monoisotopic (exact) mass is 289 g/mol. The summed E-state index contributed by atoms with van der Waals surface area (Å²) < 4.78 is 0. The number of hydrogen-bond acceptors (Lipinski definition) is 1. The minimum absolute atomic E-state index is 0.130. The van der Waals surface area contributed by atoms with Gasteiger partial charge in [-0.25, -0.2) is 0 Å². The van der Waals surface area contributed by atoms with Crippen LogP contribution < -0.4 is 5.32 Å². The maximum absolute atomic E-state index is 12.2. The van der Waals surface area contributed by atoms with Crippen molar-refractivity contribution in [1.82, 2.24) is 5.32 Å². The summed E-state index contributed by atoms with van der Waals surface area (Å²) in [5.74, 6) is 0.835. The molecule has 1 N–H and O–H groups in total. The summed E-state index contributed by atoms with van der Waals surface area (Å²) in [6, 6.07) is 0.236. The Kier molecular flexibility index (Phi) is 3.78. The molecular weight excluding hydrogens is 266 g/mol. The molecule has 1 rings (SSSR count). The molecule has 0 aromatic rings. The molecular formula is C13H24BrNO. The molecule has 1 amide bonds. The molecule has 94 valence electrons. The lowest BCUT2D eigenvalue weighted by Gasteiger charge is -2.20. The lowest BCUT2D eigenvalue weighted by molar-refractivity contribution is -0.124. The van der Waals surface area contributed by atoms with E-state index in [-0.39, 0.29) is 28.7 Å². The van der Waals surface area contributed by atoms with Crippen LogP contribution in [0.25, 0.3) is 0 Å². The molecule has 1 unspecified atom stereocenters. The fraction of sp³-hybridized carbons (Fsp3) is 0.923. The average Bonchev–Trinajstić information content (AvgIpc) is 2.52. The first-order chi connectivity index (χ1) is 7.16. The highest BCUT2D eigenvalue weighted by atomic mass is 79.9. The van der Waals surface area contributed by atoms with Gasteiger partial charge < -0.3 is 5.32 Å². The van der Waals surface area contributed by atoms with Crippen molar-refractivity contribution < 1.29 is 4.79 Å². The Labute approximate surface area is 108 Å². The summed E-state index contributed by atoms with van der Waals surface area (Å²) >= 11 is 3.46. The second kappa shape index (κ2) is 4.32. The summed E-state index contributed by atoms with van der Waals surface area (Å²) in [5.41, 5.74) is 0.260. The van der Waals surface area contributed by atoms with Crippen molar-refractivity contribution in [1.29, 1.82) is 0 Å². The predicted octanol–water partition coefficient (Wildman–Crippen LogP) is 3.20. The lowest BCUT2D eigenvalue weighted by atomic mass is 10.0. The van der Waals surface area contributed by atoms with E-state index in [1.54, 1.807) is 0 Å². The Morgan fingerprint density at radius 2 is 1.69 bits per heavy atom. The van der Waals surface area contributed by atoms with Crippen molar-refractivity contribution >= 4 is 21.8 Å². The van der Waals surface area contributed by atoms with Crippen LogP contribution in [0.2, 0.25) is 0 Å². The zero-order valence-corrected chi connectivity index (χ0v) is 12.8. The molecule has 1 atom stereocenters. The molecule has 1 aliphatic carbocycles. The molecule has 0 aliphatic heterocycles. The molecule has 2 nitrogen and oxygen atoms in total. The topological polar surface area (TPSA) is 29.1 Å². The molecule has 0 aromatic heterocycles. The fourth-order valence-electron chi connectivity index (χ4n) is 2.50. The molecule has 0 radical (unpaired) electrons. The van der Waals surface area contributed by atoms with Crippen LogP contribution in [0.15, 0.2) is 0 Å². The number of rotatable bonds is 4. The maximum Gasteiger partial charge on any atom is 0.224 e. The summed E-state index contributed by atoms with van der Waals surface area (Å²) in [4.78, 5) is 12.2. The van der Waals surface area contributed by atoms with E-state index >= 15 is 0 Å². The van der Waals surface area contributed by atoms with Gasteiger partial charge in [0.25, 0.3) is 0 Å². The standard InChI is InChI=1S/C13H24BrNO/c1-8(2)9(7-14)15-11(16)10-12(3,4)13(10,5)6/h8-10H,7H2,1-6H3,(H,15,16). The minimum Gasteiger partial charge on any atom is -0.352 e. The molecule has 0 saturated heterocycles. The molecule has 1 saturated carbocycles. The first-order valence-electron chi connectivity index (χ1n) is 6.02. The first-order valence-corrected chi connectivity index (χ1v) is 7.14. The zero-order chi connectivity index (χ0) is 12.7. The van der Waals surface area contributed by atoms with Crippen LogP contribution >= 0.6 is 15.9 Å². The van der Waals surface area contributed by atoms with Gasteiger partial charge in [0.2, 0.25) is 5.91 Å². The van der Waals surface area contributed by atoms with Gasteiger partial charge in [-0.05, 0) is 16.7 Å². The summed E-state index contributed by atoms with van der Waals surface area (Å²) in [7, 11) is 0. The van der Waals surface area contributed by atoms with E-state index in [2.05, 4.69) is 62.8 Å². The Morgan fingerprint density at radius 1 is 1.25 bits per heavy atom. The van der Waals surface area contributed by atoms with Crippen molar-refractivity contribution in [2.75, 3.05) is 5.33 Å². The van der Waals surface area contributed by atoms with Crippen molar-refractivity contribution in [3.63, 3.8) is 0 Å². The van der Waals surface area contributed by atoms with Crippen LogP contribution in [0.4, 0.5) is 0 Å². The molecule has 1 fully saturated rings. The molecule has 1 aliphatic rings. The van der Waals surface area contributed by atoms with E-state index in [1.807, 2.05) is 0 Å². The molecule has 0 aromatic carbocycles. The number of halogens is 1. The third-order valence-corrected chi connectivity index (χ3v) is 5.28. The number of carbonyl (C=O) groups excluding carboxylic acids is 1. The number of amides is 1. The van der Waals surface area contributed by atoms with Gasteiger partial charge >= 0.3 is 0 Å². The number of nitrogens with one attached hydrogen (secondary N) is 1. The summed E-state index contributed by atoms with van der Waals surface area (Å²) in [5, 5.41) is 3.98. The maximum atomic E-state index is 12.2. The smallest absolute Gasteiger partial charge is 0.224 e. The van der Waals surface area contributed by atoms with Crippen molar-refractivity contribution in [3.8, 4) is 0 Å². The highest BCUT2D eigenvalue weighted by Crippen LogP contribution is 2.68. The molecule has 0 heterocycles. The van der Waals surface area contributed by atoms with Gasteiger partial charge in [-0.1, -0.05) is 57.5 Å².